The van der Waals surface area contributed by atoms with E-state index in [0.29, 0.717) is 16.8 Å². The van der Waals surface area contributed by atoms with Gasteiger partial charge in [-0.3, -0.25) is 4.79 Å². The van der Waals surface area contributed by atoms with Crippen molar-refractivity contribution in [3.05, 3.63) is 77.5 Å². The summed E-state index contributed by atoms with van der Waals surface area (Å²) in [6, 6.07) is 15.0. The highest BCUT2D eigenvalue weighted by atomic mass is 16.3. The molecule has 1 aromatic heterocycles. The summed E-state index contributed by atoms with van der Waals surface area (Å²) >= 11 is 0. The zero-order valence-corrected chi connectivity index (χ0v) is 12.7. The molecule has 1 N–H and O–H groups in total. The summed E-state index contributed by atoms with van der Waals surface area (Å²) in [6.45, 7) is 5.93. The molecular weight excluding hydrogens is 286 g/mol. The van der Waals surface area contributed by atoms with Crippen molar-refractivity contribution in [3.63, 3.8) is 0 Å². The van der Waals surface area contributed by atoms with E-state index in [9.17, 15) is 9.90 Å². The molecule has 112 valence electrons. The van der Waals surface area contributed by atoms with E-state index >= 15 is 0 Å². The molecular formula is C20H15NO2. The van der Waals surface area contributed by atoms with Crippen LogP contribution in [0.15, 0.2) is 55.1 Å². The zero-order chi connectivity index (χ0) is 16.1. The number of hydrogen-bond acceptors (Lipinski definition) is 3. The fraction of sp³-hybridized carbons (Fsp3) is 0.100. The second-order valence-electron chi connectivity index (χ2n) is 5.86. The first-order chi connectivity index (χ1) is 11.1. The molecule has 1 atom stereocenters. The van der Waals surface area contributed by atoms with Gasteiger partial charge in [-0.2, -0.15) is 0 Å². The van der Waals surface area contributed by atoms with Crippen LogP contribution >= 0.6 is 0 Å². The molecule has 0 spiro atoms. The van der Waals surface area contributed by atoms with E-state index in [2.05, 4.69) is 11.6 Å². The number of carbonyl (C=O) groups is 1. The number of hydrogen-bond donors (Lipinski definition) is 1. The monoisotopic (exact) mass is 301 g/mol. The van der Waals surface area contributed by atoms with Gasteiger partial charge >= 0.3 is 0 Å². The quantitative estimate of drug-likeness (QED) is 0.731. The lowest BCUT2D eigenvalue weighted by molar-refractivity contribution is 0.0984. The Morgan fingerprint density at radius 2 is 1.70 bits per heavy atom. The average molecular weight is 301 g/mol. The van der Waals surface area contributed by atoms with E-state index in [1.165, 1.54) is 0 Å². The number of rotatable bonds is 1. The molecule has 0 amide bonds. The lowest BCUT2D eigenvalue weighted by atomic mass is 9.93. The number of allylic oxidation sites excluding steroid dienone is 1. The van der Waals surface area contributed by atoms with Gasteiger partial charge in [0.2, 0.25) is 0 Å². The van der Waals surface area contributed by atoms with Gasteiger partial charge < -0.3 is 5.11 Å². The zero-order valence-electron chi connectivity index (χ0n) is 12.7. The summed E-state index contributed by atoms with van der Waals surface area (Å²) in [6.07, 6.45) is 0. The van der Waals surface area contributed by atoms with E-state index in [1.54, 1.807) is 6.07 Å². The first-order valence-electron chi connectivity index (χ1n) is 7.50. The van der Waals surface area contributed by atoms with E-state index < -0.39 is 5.92 Å². The maximum atomic E-state index is 12.8. The van der Waals surface area contributed by atoms with Crippen LogP contribution in [0.5, 0.6) is 5.75 Å². The van der Waals surface area contributed by atoms with E-state index in [1.807, 2.05) is 49.4 Å². The molecule has 1 aliphatic carbocycles. The third-order valence-corrected chi connectivity index (χ3v) is 4.57. The van der Waals surface area contributed by atoms with Crippen LogP contribution in [-0.4, -0.2) is 15.9 Å². The van der Waals surface area contributed by atoms with E-state index in [4.69, 9.17) is 0 Å². The Kier molecular flexibility index (Phi) is 2.85. The number of aromatic hydroxyl groups is 1. The Bertz CT molecular complexity index is 953. The molecule has 0 bridgehead atoms. The predicted octanol–water partition coefficient (Wildman–Crippen LogP) is 4.24. The number of nitrogens with zero attached hydrogens (tertiary/aromatic N) is 1. The van der Waals surface area contributed by atoms with Crippen LogP contribution in [0.25, 0.3) is 16.5 Å². The average Bonchev–Trinajstić information content (AvgIpc) is 2.83. The van der Waals surface area contributed by atoms with Gasteiger partial charge in [0.25, 0.3) is 0 Å². The highest BCUT2D eigenvalue weighted by molar-refractivity contribution is 6.17. The standard InChI is InChI=1S/C20H15NO2/c1-11-13-7-3-4-9-15(13)20(23)17(11)18-19(22)12(2)14-8-5-6-10-16(14)21-18/h3-10,17,22H,1H2,2H3. The highest BCUT2D eigenvalue weighted by Crippen LogP contribution is 2.45. The number of ketones is 1. The number of pyridine rings is 1. The van der Waals surface area contributed by atoms with Crippen LogP contribution in [-0.2, 0) is 0 Å². The topological polar surface area (TPSA) is 50.2 Å². The summed E-state index contributed by atoms with van der Waals surface area (Å²) in [5.41, 5.74) is 4.09. The number of para-hydroxylation sites is 1. The van der Waals surface area contributed by atoms with Gasteiger partial charge in [0.05, 0.1) is 17.1 Å². The van der Waals surface area contributed by atoms with E-state index in [0.717, 1.165) is 22.0 Å². The number of fused-ring (bicyclic) bond motifs is 2. The molecule has 3 heteroatoms. The van der Waals surface area contributed by atoms with Crippen LogP contribution in [0.4, 0.5) is 0 Å². The molecule has 0 radical (unpaired) electrons. The van der Waals surface area contributed by atoms with Crippen molar-refractivity contribution in [2.24, 2.45) is 0 Å². The highest BCUT2D eigenvalue weighted by Gasteiger charge is 2.37. The molecule has 23 heavy (non-hydrogen) atoms. The molecule has 0 fully saturated rings. The second kappa shape index (κ2) is 4.78. The molecule has 3 aromatic rings. The van der Waals surface area contributed by atoms with Crippen molar-refractivity contribution in [2.45, 2.75) is 12.8 Å². The summed E-state index contributed by atoms with van der Waals surface area (Å²) in [7, 11) is 0. The van der Waals surface area contributed by atoms with Crippen LogP contribution in [0.2, 0.25) is 0 Å². The number of aromatic nitrogens is 1. The lowest BCUT2D eigenvalue weighted by Crippen LogP contribution is -2.09. The smallest absolute Gasteiger partial charge is 0.177 e. The fourth-order valence-electron chi connectivity index (χ4n) is 3.33. The minimum atomic E-state index is -0.615. The molecule has 0 saturated heterocycles. The van der Waals surface area contributed by atoms with Crippen molar-refractivity contribution in [1.29, 1.82) is 0 Å². The van der Waals surface area contributed by atoms with Gasteiger partial charge in [-0.25, -0.2) is 4.98 Å². The molecule has 1 heterocycles. The Labute approximate surface area is 133 Å². The molecule has 1 unspecified atom stereocenters. The Morgan fingerprint density at radius 1 is 1.04 bits per heavy atom. The molecule has 0 saturated carbocycles. The fourth-order valence-corrected chi connectivity index (χ4v) is 3.33. The third kappa shape index (κ3) is 1.83. The van der Waals surface area contributed by atoms with Gasteiger partial charge in [-0.15, -0.1) is 0 Å². The minimum absolute atomic E-state index is 0.0527. The largest absolute Gasteiger partial charge is 0.506 e. The Hall–Kier alpha value is -2.94. The maximum absolute atomic E-state index is 12.8. The van der Waals surface area contributed by atoms with Crippen molar-refractivity contribution >= 4 is 22.3 Å². The first kappa shape index (κ1) is 13.7. The van der Waals surface area contributed by atoms with Crippen LogP contribution in [0, 0.1) is 6.92 Å². The van der Waals surface area contributed by atoms with Gasteiger partial charge in [-0.05, 0) is 24.1 Å². The number of Topliss-reactive ketones (excluding diaryl/α,β-unsaturated/α-hetero) is 1. The second-order valence-corrected chi connectivity index (χ2v) is 5.86. The number of benzene rings is 2. The Balaban J connectivity index is 1.96. The van der Waals surface area contributed by atoms with Gasteiger partial charge in [-0.1, -0.05) is 49.0 Å². The number of carbonyl (C=O) groups excluding carboxylic acids is 1. The minimum Gasteiger partial charge on any atom is -0.506 e. The molecule has 0 aliphatic heterocycles. The molecule has 3 nitrogen and oxygen atoms in total. The lowest BCUT2D eigenvalue weighted by Gasteiger charge is -2.15. The molecule has 1 aliphatic rings. The third-order valence-electron chi connectivity index (χ3n) is 4.57. The van der Waals surface area contributed by atoms with Crippen LogP contribution in [0.1, 0.15) is 33.1 Å². The maximum Gasteiger partial charge on any atom is 0.177 e. The number of aryl methyl sites for hydroxylation is 1. The summed E-state index contributed by atoms with van der Waals surface area (Å²) in [5, 5.41) is 11.5. The normalized spacial score (nSPS) is 16.8. The summed E-state index contributed by atoms with van der Waals surface area (Å²) < 4.78 is 0. The van der Waals surface area contributed by atoms with Gasteiger partial charge in [0.1, 0.15) is 5.75 Å². The van der Waals surface area contributed by atoms with Crippen LogP contribution in [0.3, 0.4) is 0 Å². The van der Waals surface area contributed by atoms with E-state index in [-0.39, 0.29) is 11.5 Å². The van der Waals surface area contributed by atoms with Crippen LogP contribution < -0.4 is 0 Å². The summed E-state index contributed by atoms with van der Waals surface area (Å²) in [4.78, 5) is 17.4. The molecule has 4 rings (SSSR count). The van der Waals surface area contributed by atoms with Crippen molar-refractivity contribution in [2.75, 3.05) is 0 Å². The van der Waals surface area contributed by atoms with Gasteiger partial charge in [0, 0.05) is 16.5 Å². The van der Waals surface area contributed by atoms with Crippen molar-refractivity contribution in [1.82, 2.24) is 4.98 Å². The first-order valence-corrected chi connectivity index (χ1v) is 7.50. The SMILES string of the molecule is C=C1c2ccccc2C(=O)C1c1nc2ccccc2c(C)c1O. The van der Waals surface area contributed by atoms with Crippen molar-refractivity contribution in [3.8, 4) is 5.75 Å². The van der Waals surface area contributed by atoms with Crippen molar-refractivity contribution < 1.29 is 9.90 Å². The Morgan fingerprint density at radius 3 is 2.43 bits per heavy atom. The predicted molar refractivity (Wildman–Crippen MR) is 90.7 cm³/mol. The molecule has 2 aromatic carbocycles. The van der Waals surface area contributed by atoms with Gasteiger partial charge in [0.15, 0.2) is 5.78 Å². The summed E-state index contributed by atoms with van der Waals surface area (Å²) in [5.74, 6) is -0.588.